The first-order chi connectivity index (χ1) is 13.8. The average Bonchev–Trinajstić information content (AvgIpc) is 3.41. The van der Waals surface area contributed by atoms with E-state index in [1.165, 1.54) is 12.8 Å². The van der Waals surface area contributed by atoms with Gasteiger partial charge in [0.2, 0.25) is 5.95 Å². The number of rotatable bonds is 6. The maximum absolute atomic E-state index is 9.82. The molecule has 0 spiro atoms. The van der Waals surface area contributed by atoms with Gasteiger partial charge in [0, 0.05) is 24.8 Å². The van der Waals surface area contributed by atoms with Gasteiger partial charge in [0.05, 0.1) is 12.4 Å². The summed E-state index contributed by atoms with van der Waals surface area (Å²) in [5.74, 6) is 1.79. The highest BCUT2D eigenvalue weighted by Gasteiger charge is 2.35. The number of hydrogen-bond acceptors (Lipinski definition) is 8. The van der Waals surface area contributed by atoms with Gasteiger partial charge in [0.15, 0.2) is 0 Å². The Labute approximate surface area is 164 Å². The van der Waals surface area contributed by atoms with Crippen molar-refractivity contribution in [2.45, 2.75) is 44.3 Å². The van der Waals surface area contributed by atoms with Crippen LogP contribution in [0.1, 0.15) is 37.7 Å². The predicted molar refractivity (Wildman–Crippen MR) is 106 cm³/mol. The Kier molecular flexibility index (Phi) is 5.65. The molecule has 2 fully saturated rings. The lowest BCUT2D eigenvalue weighted by Gasteiger charge is -2.32. The fraction of sp³-hybridized carbons (Fsp3) is 0.500. The van der Waals surface area contributed by atoms with Crippen LogP contribution in [0.15, 0.2) is 30.6 Å². The molecule has 0 amide bonds. The molecule has 0 aromatic carbocycles. The van der Waals surface area contributed by atoms with Gasteiger partial charge in [0.25, 0.3) is 0 Å². The van der Waals surface area contributed by atoms with E-state index in [0.717, 1.165) is 25.8 Å². The topological polar surface area (TPSA) is 110 Å². The van der Waals surface area contributed by atoms with Crippen molar-refractivity contribution in [3.8, 4) is 6.07 Å². The Bertz CT molecular complexity index is 832. The van der Waals surface area contributed by atoms with Crippen molar-refractivity contribution in [3.63, 3.8) is 0 Å². The van der Waals surface area contributed by atoms with Crippen molar-refractivity contribution in [2.75, 3.05) is 23.4 Å². The molecule has 1 aliphatic heterocycles. The molecule has 8 heteroatoms. The largest absolute Gasteiger partial charge is 0.396 e. The van der Waals surface area contributed by atoms with E-state index in [4.69, 9.17) is 4.98 Å². The summed E-state index contributed by atoms with van der Waals surface area (Å²) in [5, 5.41) is 26.2. The molecular weight excluding hydrogens is 354 g/mol. The number of nitrogens with zero attached hydrogens (tertiary/aromatic N) is 5. The van der Waals surface area contributed by atoms with Crippen molar-refractivity contribution < 1.29 is 5.11 Å². The van der Waals surface area contributed by atoms with Crippen LogP contribution in [0.2, 0.25) is 0 Å². The zero-order chi connectivity index (χ0) is 19.3. The maximum Gasteiger partial charge on any atom is 0.234 e. The van der Waals surface area contributed by atoms with Gasteiger partial charge >= 0.3 is 0 Å². The van der Waals surface area contributed by atoms with Gasteiger partial charge in [-0.05, 0) is 37.9 Å². The molecule has 1 aliphatic carbocycles. The number of pyridine rings is 1. The molecule has 0 radical (unpaired) electrons. The molecule has 146 valence electrons. The van der Waals surface area contributed by atoms with Crippen LogP contribution >= 0.6 is 0 Å². The first-order valence-corrected chi connectivity index (χ1v) is 9.88. The van der Waals surface area contributed by atoms with Crippen LogP contribution in [-0.4, -0.2) is 45.4 Å². The molecule has 2 aromatic heterocycles. The van der Waals surface area contributed by atoms with E-state index in [0.29, 0.717) is 29.2 Å². The summed E-state index contributed by atoms with van der Waals surface area (Å²) in [7, 11) is 0. The molecule has 3 N–H and O–H groups in total. The molecule has 1 saturated carbocycles. The number of hydrogen-bond donors (Lipinski definition) is 3. The Hall–Kier alpha value is -2.76. The van der Waals surface area contributed by atoms with Gasteiger partial charge in [-0.3, -0.25) is 10.2 Å². The third-order valence-corrected chi connectivity index (χ3v) is 5.53. The molecule has 1 saturated heterocycles. The molecule has 2 unspecified atom stereocenters. The number of nitrogens with one attached hydrogen (secondary N) is 2. The number of aliphatic hydroxyl groups is 1. The fourth-order valence-electron chi connectivity index (χ4n) is 4.04. The van der Waals surface area contributed by atoms with Crippen molar-refractivity contribution in [1.29, 1.82) is 5.26 Å². The van der Waals surface area contributed by atoms with Gasteiger partial charge in [-0.15, -0.1) is 0 Å². The van der Waals surface area contributed by atoms with Crippen molar-refractivity contribution in [2.24, 2.45) is 5.92 Å². The van der Waals surface area contributed by atoms with Gasteiger partial charge in [0.1, 0.15) is 23.3 Å². The summed E-state index contributed by atoms with van der Waals surface area (Å²) in [4.78, 5) is 15.6. The van der Waals surface area contributed by atoms with Crippen molar-refractivity contribution in [1.82, 2.24) is 20.3 Å². The third kappa shape index (κ3) is 3.77. The minimum Gasteiger partial charge on any atom is -0.396 e. The van der Waals surface area contributed by atoms with E-state index in [1.807, 2.05) is 23.1 Å². The molecule has 8 nitrogen and oxygen atoms in total. The number of aliphatic hydroxyl groups excluding tert-OH is 1. The lowest BCUT2D eigenvalue weighted by Crippen LogP contribution is -2.45. The SMILES string of the molecule is N#Cc1cnc(N(c2ccccn2)C2NCCC2CO)nc1NC1CCCC1. The number of anilines is 3. The summed E-state index contributed by atoms with van der Waals surface area (Å²) in [6, 6.07) is 8.21. The van der Waals surface area contributed by atoms with Crippen LogP contribution in [0.4, 0.5) is 17.6 Å². The second-order valence-electron chi connectivity index (χ2n) is 7.36. The maximum atomic E-state index is 9.82. The quantitative estimate of drug-likeness (QED) is 0.700. The second kappa shape index (κ2) is 8.50. The van der Waals surface area contributed by atoms with Crippen molar-refractivity contribution in [3.05, 3.63) is 36.2 Å². The highest BCUT2D eigenvalue weighted by atomic mass is 16.3. The molecule has 28 heavy (non-hydrogen) atoms. The molecule has 4 rings (SSSR count). The summed E-state index contributed by atoms with van der Waals surface area (Å²) in [5.41, 5.74) is 0.440. The number of aromatic nitrogens is 3. The van der Waals surface area contributed by atoms with Crippen molar-refractivity contribution >= 4 is 17.6 Å². The smallest absolute Gasteiger partial charge is 0.234 e. The van der Waals surface area contributed by atoms with Crippen LogP contribution < -0.4 is 15.5 Å². The first-order valence-electron chi connectivity index (χ1n) is 9.88. The van der Waals surface area contributed by atoms with Gasteiger partial charge in [-0.2, -0.15) is 10.2 Å². The van der Waals surface area contributed by atoms with Crippen LogP contribution in [0.5, 0.6) is 0 Å². The van der Waals surface area contributed by atoms with E-state index in [1.54, 1.807) is 12.4 Å². The summed E-state index contributed by atoms with van der Waals surface area (Å²) in [6.45, 7) is 0.882. The van der Waals surface area contributed by atoms with E-state index in [2.05, 4.69) is 26.7 Å². The fourth-order valence-corrected chi connectivity index (χ4v) is 4.04. The highest BCUT2D eigenvalue weighted by Crippen LogP contribution is 2.31. The predicted octanol–water partition coefficient (Wildman–Crippen LogP) is 2.16. The Morgan fingerprint density at radius 3 is 2.82 bits per heavy atom. The molecule has 3 heterocycles. The second-order valence-corrected chi connectivity index (χ2v) is 7.36. The number of nitriles is 1. The summed E-state index contributed by atoms with van der Waals surface area (Å²) < 4.78 is 0. The van der Waals surface area contributed by atoms with Gasteiger partial charge in [-0.1, -0.05) is 18.9 Å². The van der Waals surface area contributed by atoms with Gasteiger partial charge < -0.3 is 10.4 Å². The van der Waals surface area contributed by atoms with Gasteiger partial charge in [-0.25, -0.2) is 9.97 Å². The van der Waals surface area contributed by atoms with Crippen LogP contribution in [0.3, 0.4) is 0 Å². The Balaban J connectivity index is 1.72. The van der Waals surface area contributed by atoms with Crippen LogP contribution in [0, 0.1) is 17.2 Å². The highest BCUT2D eigenvalue weighted by molar-refractivity contribution is 5.59. The standard InChI is InChI=1S/C20H25N7O/c21-11-15-12-24-20(26-18(15)25-16-5-1-2-6-16)27(17-7-3-4-9-22-17)19-14(13-28)8-10-23-19/h3-4,7,9,12,14,16,19,23,28H,1-2,5-6,8,10,13H2,(H,24,25,26). The third-order valence-electron chi connectivity index (χ3n) is 5.53. The van der Waals surface area contributed by atoms with Crippen LogP contribution in [0.25, 0.3) is 0 Å². The molecule has 0 bridgehead atoms. The molecule has 2 atom stereocenters. The summed E-state index contributed by atoms with van der Waals surface area (Å²) in [6.07, 6.45) is 8.57. The minimum absolute atomic E-state index is 0.0486. The Morgan fingerprint density at radius 2 is 2.11 bits per heavy atom. The zero-order valence-electron chi connectivity index (χ0n) is 15.8. The lowest BCUT2D eigenvalue weighted by atomic mass is 10.1. The monoisotopic (exact) mass is 379 g/mol. The van der Waals surface area contributed by atoms with E-state index >= 15 is 0 Å². The molecular formula is C20H25N7O. The normalized spacial score (nSPS) is 22.1. The Morgan fingerprint density at radius 1 is 1.25 bits per heavy atom. The first kappa shape index (κ1) is 18.6. The summed E-state index contributed by atoms with van der Waals surface area (Å²) >= 11 is 0. The lowest BCUT2D eigenvalue weighted by molar-refractivity contribution is 0.214. The minimum atomic E-state index is -0.160. The van der Waals surface area contributed by atoms with E-state index in [-0.39, 0.29) is 18.7 Å². The molecule has 2 aliphatic rings. The van der Waals surface area contributed by atoms with E-state index < -0.39 is 0 Å². The zero-order valence-corrected chi connectivity index (χ0v) is 15.8. The van der Waals surface area contributed by atoms with E-state index in [9.17, 15) is 10.4 Å². The molecule has 2 aromatic rings. The van der Waals surface area contributed by atoms with Crippen LogP contribution in [-0.2, 0) is 0 Å². The average molecular weight is 379 g/mol.